The van der Waals surface area contributed by atoms with Crippen LogP contribution in [0.1, 0.15) is 38.5 Å². The fourth-order valence-corrected chi connectivity index (χ4v) is 3.21. The minimum atomic E-state index is -2.54. The van der Waals surface area contributed by atoms with Crippen molar-refractivity contribution in [2.75, 3.05) is 13.2 Å². The number of aliphatic hydroxyl groups excluding tert-OH is 1. The number of halogens is 2. The number of ether oxygens (including phenoxy) is 1. The maximum absolute atomic E-state index is 13.1. The zero-order chi connectivity index (χ0) is 15.7. The molecule has 2 saturated carbocycles. The van der Waals surface area contributed by atoms with Gasteiger partial charge in [0.1, 0.15) is 6.10 Å². The second kappa shape index (κ2) is 6.37. The molecule has 2 aliphatic carbocycles. The van der Waals surface area contributed by atoms with Gasteiger partial charge in [-0.15, -0.1) is 0 Å². The van der Waals surface area contributed by atoms with Crippen LogP contribution in [0.25, 0.3) is 0 Å². The zero-order valence-electron chi connectivity index (χ0n) is 12.6. The van der Waals surface area contributed by atoms with Crippen molar-refractivity contribution in [3.63, 3.8) is 0 Å². The molecule has 1 saturated heterocycles. The van der Waals surface area contributed by atoms with E-state index in [4.69, 9.17) is 4.74 Å². The van der Waals surface area contributed by atoms with Crippen LogP contribution in [0.3, 0.4) is 0 Å². The molecule has 126 valence electrons. The van der Waals surface area contributed by atoms with Crippen molar-refractivity contribution in [3.8, 4) is 0 Å². The van der Waals surface area contributed by atoms with Gasteiger partial charge in [0.2, 0.25) is 11.8 Å². The van der Waals surface area contributed by atoms with Crippen molar-refractivity contribution in [3.05, 3.63) is 0 Å². The summed E-state index contributed by atoms with van der Waals surface area (Å²) in [5, 5.41) is 16.3. The number of nitrogens with one attached hydrogen (secondary N) is 2. The summed E-state index contributed by atoms with van der Waals surface area (Å²) in [5.41, 5.74) is 0. The first-order valence-electron chi connectivity index (χ1n) is 8.16. The minimum Gasteiger partial charge on any atom is -0.389 e. The van der Waals surface area contributed by atoms with Crippen molar-refractivity contribution in [2.45, 2.75) is 68.7 Å². The Labute approximate surface area is 128 Å². The third-order valence-electron chi connectivity index (χ3n) is 4.88. The highest BCUT2D eigenvalue weighted by molar-refractivity contribution is 5.80. The highest BCUT2D eigenvalue weighted by Crippen LogP contribution is 2.33. The van der Waals surface area contributed by atoms with E-state index < -0.39 is 18.1 Å². The molecule has 1 amide bonds. The Morgan fingerprint density at radius 2 is 1.91 bits per heavy atom. The second-order valence-corrected chi connectivity index (χ2v) is 6.79. The first-order valence-corrected chi connectivity index (χ1v) is 8.16. The van der Waals surface area contributed by atoms with Crippen LogP contribution in [-0.2, 0) is 9.53 Å². The summed E-state index contributed by atoms with van der Waals surface area (Å²) in [6, 6.07) is -0.248. The molecule has 0 bridgehead atoms. The topological polar surface area (TPSA) is 70.6 Å². The van der Waals surface area contributed by atoms with Crippen LogP contribution < -0.4 is 10.6 Å². The fraction of sp³-hybridized carbons (Fsp3) is 0.933. The lowest BCUT2D eigenvalue weighted by Crippen LogP contribution is -2.49. The summed E-state index contributed by atoms with van der Waals surface area (Å²) < 4.78 is 31.8. The first-order chi connectivity index (χ1) is 10.4. The van der Waals surface area contributed by atoms with Crippen LogP contribution in [0.5, 0.6) is 0 Å². The molecule has 0 spiro atoms. The van der Waals surface area contributed by atoms with Gasteiger partial charge in [0.15, 0.2) is 0 Å². The Bertz CT molecular complexity index is 408. The SMILES string of the molecule is O=C(NCC1OCC(NC2CCC(F)(F)CC2)C1O)C1CC1. The van der Waals surface area contributed by atoms with E-state index in [2.05, 4.69) is 10.6 Å². The Morgan fingerprint density at radius 1 is 1.23 bits per heavy atom. The third-order valence-corrected chi connectivity index (χ3v) is 4.88. The lowest BCUT2D eigenvalue weighted by Gasteiger charge is -2.31. The lowest BCUT2D eigenvalue weighted by atomic mass is 9.91. The van der Waals surface area contributed by atoms with Gasteiger partial charge >= 0.3 is 0 Å². The van der Waals surface area contributed by atoms with Crippen LogP contribution in [0.15, 0.2) is 0 Å². The lowest BCUT2D eigenvalue weighted by molar-refractivity contribution is -0.123. The molecule has 3 atom stereocenters. The summed E-state index contributed by atoms with van der Waals surface area (Å²) in [7, 11) is 0. The average molecular weight is 318 g/mol. The third kappa shape index (κ3) is 3.94. The number of aliphatic hydroxyl groups is 1. The highest BCUT2D eigenvalue weighted by atomic mass is 19.3. The van der Waals surface area contributed by atoms with Crippen LogP contribution in [0.4, 0.5) is 8.78 Å². The molecule has 0 radical (unpaired) electrons. The molecule has 3 aliphatic rings. The van der Waals surface area contributed by atoms with Gasteiger partial charge in [-0.05, 0) is 25.7 Å². The smallest absolute Gasteiger partial charge is 0.248 e. The van der Waals surface area contributed by atoms with Gasteiger partial charge in [-0.2, -0.15) is 0 Å². The molecular formula is C15H24F2N2O3. The van der Waals surface area contributed by atoms with E-state index in [1.54, 1.807) is 0 Å². The van der Waals surface area contributed by atoms with Crippen LogP contribution in [0, 0.1) is 5.92 Å². The Hall–Kier alpha value is -0.790. The summed E-state index contributed by atoms with van der Waals surface area (Å²) in [6.07, 6.45) is 1.36. The average Bonchev–Trinajstić information content (AvgIpc) is 3.26. The van der Waals surface area contributed by atoms with Crippen molar-refractivity contribution in [1.82, 2.24) is 10.6 Å². The van der Waals surface area contributed by atoms with E-state index in [0.29, 0.717) is 26.0 Å². The Morgan fingerprint density at radius 3 is 2.55 bits per heavy atom. The molecule has 0 aromatic carbocycles. The quantitative estimate of drug-likeness (QED) is 0.701. The van der Waals surface area contributed by atoms with Gasteiger partial charge < -0.3 is 20.5 Å². The maximum atomic E-state index is 13.1. The minimum absolute atomic E-state index is 0.00248. The second-order valence-electron chi connectivity index (χ2n) is 6.79. The molecular weight excluding hydrogens is 294 g/mol. The number of amides is 1. The van der Waals surface area contributed by atoms with Crippen molar-refractivity contribution in [1.29, 1.82) is 0 Å². The molecule has 3 N–H and O–H groups in total. The number of rotatable bonds is 5. The molecule has 3 fully saturated rings. The predicted molar refractivity (Wildman–Crippen MR) is 75.6 cm³/mol. The fourth-order valence-electron chi connectivity index (χ4n) is 3.21. The molecule has 3 unspecified atom stereocenters. The Kier molecular flexibility index (Phi) is 4.66. The number of carbonyl (C=O) groups is 1. The van der Waals surface area contributed by atoms with E-state index in [1.165, 1.54) is 0 Å². The molecule has 22 heavy (non-hydrogen) atoms. The number of alkyl halides is 2. The Balaban J connectivity index is 1.40. The summed E-state index contributed by atoms with van der Waals surface area (Å²) >= 11 is 0. The molecule has 3 rings (SSSR count). The zero-order valence-corrected chi connectivity index (χ0v) is 12.6. The van der Waals surface area contributed by atoms with Crippen LogP contribution in [-0.4, -0.2) is 54.4 Å². The first kappa shape index (κ1) is 16.1. The van der Waals surface area contributed by atoms with Crippen LogP contribution in [0.2, 0.25) is 0 Å². The normalized spacial score (nSPS) is 35.5. The van der Waals surface area contributed by atoms with Gasteiger partial charge in [0.25, 0.3) is 0 Å². The molecule has 1 heterocycles. The van der Waals surface area contributed by atoms with Gasteiger partial charge in [-0.3, -0.25) is 4.79 Å². The monoisotopic (exact) mass is 318 g/mol. The number of hydrogen-bond acceptors (Lipinski definition) is 4. The van der Waals surface area contributed by atoms with E-state index >= 15 is 0 Å². The van der Waals surface area contributed by atoms with E-state index in [1.807, 2.05) is 0 Å². The van der Waals surface area contributed by atoms with E-state index in [-0.39, 0.29) is 36.8 Å². The van der Waals surface area contributed by atoms with Gasteiger partial charge in [-0.25, -0.2) is 8.78 Å². The van der Waals surface area contributed by atoms with E-state index in [0.717, 1.165) is 12.8 Å². The molecule has 1 aliphatic heterocycles. The predicted octanol–water partition coefficient (Wildman–Crippen LogP) is 0.808. The number of carbonyl (C=O) groups excluding carboxylic acids is 1. The van der Waals surface area contributed by atoms with Gasteiger partial charge in [0, 0.05) is 31.3 Å². The van der Waals surface area contributed by atoms with Gasteiger partial charge in [-0.1, -0.05) is 0 Å². The molecule has 7 heteroatoms. The van der Waals surface area contributed by atoms with Crippen molar-refractivity contribution in [2.24, 2.45) is 5.92 Å². The van der Waals surface area contributed by atoms with Crippen LogP contribution >= 0.6 is 0 Å². The highest BCUT2D eigenvalue weighted by Gasteiger charge is 2.40. The molecule has 0 aromatic rings. The summed E-state index contributed by atoms with van der Waals surface area (Å²) in [4.78, 5) is 11.6. The van der Waals surface area contributed by atoms with E-state index in [9.17, 15) is 18.7 Å². The molecule has 5 nitrogen and oxygen atoms in total. The van der Waals surface area contributed by atoms with Crippen molar-refractivity contribution >= 4 is 5.91 Å². The van der Waals surface area contributed by atoms with Gasteiger partial charge in [0.05, 0.1) is 18.8 Å². The van der Waals surface area contributed by atoms with Crippen molar-refractivity contribution < 1.29 is 23.4 Å². The maximum Gasteiger partial charge on any atom is 0.248 e. The summed E-state index contributed by atoms with van der Waals surface area (Å²) in [6.45, 7) is 0.648. The largest absolute Gasteiger partial charge is 0.389 e. The summed E-state index contributed by atoms with van der Waals surface area (Å²) in [5.74, 6) is -2.38. The number of hydrogen-bond donors (Lipinski definition) is 3. The molecule has 0 aromatic heterocycles. The standard InChI is InChI=1S/C15H24F2N2O3/c16-15(17)5-3-10(4-6-15)19-11-8-22-12(13(11)20)7-18-14(21)9-1-2-9/h9-13,19-20H,1-8H2,(H,18,21).